The maximum Gasteiger partial charge on any atom is 0.222 e. The van der Waals surface area contributed by atoms with E-state index in [2.05, 4.69) is 0 Å². The van der Waals surface area contributed by atoms with Crippen molar-refractivity contribution in [3.8, 4) is 0 Å². The van der Waals surface area contributed by atoms with Gasteiger partial charge in [-0.2, -0.15) is 0 Å². The molecule has 1 aliphatic heterocycles. The standard InChI is InChI=1S/C15H18Cl2N2O3/c16-11-5-4-10(8-12(11)17)13-9-19(6-7-22-13)15(21)3-1-2-14(18)20/h4-5,8,13H,1-3,6-7,9H2,(H2,18,20)/t13-/m0/s1. The molecule has 120 valence electrons. The molecule has 1 aliphatic rings. The highest BCUT2D eigenvalue weighted by Crippen LogP contribution is 2.29. The van der Waals surface area contributed by atoms with Crippen LogP contribution in [0, 0.1) is 0 Å². The predicted octanol–water partition coefficient (Wildman–Crippen LogP) is 2.55. The number of primary amides is 1. The summed E-state index contributed by atoms with van der Waals surface area (Å²) in [4.78, 5) is 24.6. The highest BCUT2D eigenvalue weighted by Gasteiger charge is 2.25. The first-order valence-electron chi connectivity index (χ1n) is 7.10. The molecular weight excluding hydrogens is 327 g/mol. The molecule has 22 heavy (non-hydrogen) atoms. The molecule has 7 heteroatoms. The molecule has 1 heterocycles. The van der Waals surface area contributed by atoms with E-state index in [1.165, 1.54) is 0 Å². The lowest BCUT2D eigenvalue weighted by atomic mass is 10.1. The van der Waals surface area contributed by atoms with Gasteiger partial charge in [0.05, 0.1) is 23.2 Å². The Kier molecular flexibility index (Phi) is 6.06. The molecule has 1 saturated heterocycles. The summed E-state index contributed by atoms with van der Waals surface area (Å²) in [5, 5.41) is 0.952. The van der Waals surface area contributed by atoms with Gasteiger partial charge in [0, 0.05) is 19.4 Å². The van der Waals surface area contributed by atoms with Gasteiger partial charge in [0.25, 0.3) is 0 Å². The topological polar surface area (TPSA) is 72.6 Å². The molecule has 1 atom stereocenters. The Morgan fingerprint density at radius 2 is 2.05 bits per heavy atom. The van der Waals surface area contributed by atoms with E-state index in [0.29, 0.717) is 42.6 Å². The Morgan fingerprint density at radius 1 is 1.27 bits per heavy atom. The normalized spacial score (nSPS) is 18.3. The molecule has 0 bridgehead atoms. The van der Waals surface area contributed by atoms with Crippen molar-refractivity contribution in [3.05, 3.63) is 33.8 Å². The molecular formula is C15H18Cl2N2O3. The smallest absolute Gasteiger partial charge is 0.222 e. The second kappa shape index (κ2) is 7.81. The van der Waals surface area contributed by atoms with Gasteiger partial charge in [0.15, 0.2) is 0 Å². The van der Waals surface area contributed by atoms with Crippen LogP contribution in [-0.4, -0.2) is 36.4 Å². The number of nitrogens with zero attached hydrogens (tertiary/aromatic N) is 1. The molecule has 0 saturated carbocycles. The quantitative estimate of drug-likeness (QED) is 0.891. The molecule has 5 nitrogen and oxygen atoms in total. The molecule has 2 amide bonds. The number of hydrogen-bond donors (Lipinski definition) is 1. The number of morpholine rings is 1. The fraction of sp³-hybridized carbons (Fsp3) is 0.467. The van der Waals surface area contributed by atoms with E-state index < -0.39 is 0 Å². The molecule has 1 aromatic rings. The van der Waals surface area contributed by atoms with Gasteiger partial charge < -0.3 is 15.4 Å². The Morgan fingerprint density at radius 3 is 2.73 bits per heavy atom. The lowest BCUT2D eigenvalue weighted by molar-refractivity contribution is -0.139. The summed E-state index contributed by atoms with van der Waals surface area (Å²) in [6.45, 7) is 1.48. The van der Waals surface area contributed by atoms with E-state index in [0.717, 1.165) is 5.56 Å². The molecule has 0 aromatic heterocycles. The number of nitrogens with two attached hydrogens (primary N) is 1. The summed E-state index contributed by atoms with van der Waals surface area (Å²) in [6.07, 6.45) is 0.801. The number of carbonyl (C=O) groups is 2. The van der Waals surface area contributed by atoms with Gasteiger partial charge in [-0.1, -0.05) is 29.3 Å². The zero-order valence-electron chi connectivity index (χ0n) is 12.1. The first-order chi connectivity index (χ1) is 10.5. The van der Waals surface area contributed by atoms with Crippen LogP contribution in [0.4, 0.5) is 0 Å². The van der Waals surface area contributed by atoms with Crippen LogP contribution >= 0.6 is 23.2 Å². The molecule has 0 unspecified atom stereocenters. The van der Waals surface area contributed by atoms with Crippen LogP contribution in [0.5, 0.6) is 0 Å². The zero-order valence-corrected chi connectivity index (χ0v) is 13.6. The third kappa shape index (κ3) is 4.60. The number of hydrogen-bond acceptors (Lipinski definition) is 3. The third-order valence-corrected chi connectivity index (χ3v) is 4.29. The van der Waals surface area contributed by atoms with Crippen molar-refractivity contribution in [1.82, 2.24) is 4.90 Å². The Balaban J connectivity index is 1.94. The van der Waals surface area contributed by atoms with Crippen LogP contribution in [0.1, 0.15) is 30.9 Å². The zero-order chi connectivity index (χ0) is 16.1. The number of rotatable bonds is 5. The van der Waals surface area contributed by atoms with Gasteiger partial charge in [-0.05, 0) is 24.1 Å². The average molecular weight is 345 g/mol. The SMILES string of the molecule is NC(=O)CCCC(=O)N1CCO[C@H](c2ccc(Cl)c(Cl)c2)C1. The number of ether oxygens (including phenoxy) is 1. The Bertz CT molecular complexity index is 566. The minimum atomic E-state index is -0.386. The highest BCUT2D eigenvalue weighted by molar-refractivity contribution is 6.42. The Labute approximate surface area is 139 Å². The number of carbonyl (C=O) groups excluding carboxylic acids is 2. The second-order valence-electron chi connectivity index (χ2n) is 5.19. The minimum absolute atomic E-state index is 0.00890. The summed E-state index contributed by atoms with van der Waals surface area (Å²) >= 11 is 11.9. The average Bonchev–Trinajstić information content (AvgIpc) is 2.49. The summed E-state index contributed by atoms with van der Waals surface area (Å²) in [5.41, 5.74) is 5.97. The van der Waals surface area contributed by atoms with Crippen LogP contribution < -0.4 is 5.73 Å². The molecule has 0 spiro atoms. The number of amides is 2. The van der Waals surface area contributed by atoms with Crippen molar-refractivity contribution < 1.29 is 14.3 Å². The monoisotopic (exact) mass is 344 g/mol. The number of benzene rings is 1. The van der Waals surface area contributed by atoms with E-state index in [-0.39, 0.29) is 24.3 Å². The van der Waals surface area contributed by atoms with Gasteiger partial charge in [0.1, 0.15) is 6.10 Å². The molecule has 0 aliphatic carbocycles. The summed E-state index contributed by atoms with van der Waals surface area (Å²) in [5.74, 6) is -0.377. The van der Waals surface area contributed by atoms with E-state index in [4.69, 9.17) is 33.7 Å². The lowest BCUT2D eigenvalue weighted by Crippen LogP contribution is -2.42. The van der Waals surface area contributed by atoms with Gasteiger partial charge >= 0.3 is 0 Å². The van der Waals surface area contributed by atoms with Crippen molar-refractivity contribution >= 4 is 35.0 Å². The molecule has 2 N–H and O–H groups in total. The summed E-state index contributed by atoms with van der Waals surface area (Å²) in [7, 11) is 0. The van der Waals surface area contributed by atoms with Gasteiger partial charge in [0.2, 0.25) is 11.8 Å². The highest BCUT2D eigenvalue weighted by atomic mass is 35.5. The van der Waals surface area contributed by atoms with Gasteiger partial charge in [-0.3, -0.25) is 9.59 Å². The van der Waals surface area contributed by atoms with Gasteiger partial charge in [-0.25, -0.2) is 0 Å². The lowest BCUT2D eigenvalue weighted by Gasteiger charge is -2.33. The maximum atomic E-state index is 12.1. The molecule has 1 fully saturated rings. The second-order valence-corrected chi connectivity index (χ2v) is 6.01. The summed E-state index contributed by atoms with van der Waals surface area (Å²) < 4.78 is 5.71. The van der Waals surface area contributed by atoms with E-state index in [1.807, 2.05) is 6.07 Å². The largest absolute Gasteiger partial charge is 0.370 e. The predicted molar refractivity (Wildman–Crippen MR) is 84.8 cm³/mol. The van der Waals surface area contributed by atoms with Crippen LogP contribution in [0.15, 0.2) is 18.2 Å². The van der Waals surface area contributed by atoms with Crippen LogP contribution in [0.2, 0.25) is 10.0 Å². The van der Waals surface area contributed by atoms with Gasteiger partial charge in [-0.15, -0.1) is 0 Å². The molecule has 0 radical (unpaired) electrons. The maximum absolute atomic E-state index is 12.1. The molecule has 1 aromatic carbocycles. The van der Waals surface area contributed by atoms with Crippen molar-refractivity contribution in [3.63, 3.8) is 0 Å². The fourth-order valence-electron chi connectivity index (χ4n) is 2.36. The van der Waals surface area contributed by atoms with Crippen molar-refractivity contribution in [2.24, 2.45) is 5.73 Å². The van der Waals surface area contributed by atoms with E-state index in [1.54, 1.807) is 17.0 Å². The first kappa shape index (κ1) is 17.1. The number of halogens is 2. The third-order valence-electron chi connectivity index (χ3n) is 3.55. The fourth-order valence-corrected chi connectivity index (χ4v) is 2.67. The van der Waals surface area contributed by atoms with Crippen molar-refractivity contribution in [1.29, 1.82) is 0 Å². The summed E-state index contributed by atoms with van der Waals surface area (Å²) in [6, 6.07) is 5.33. The minimum Gasteiger partial charge on any atom is -0.370 e. The first-order valence-corrected chi connectivity index (χ1v) is 7.85. The van der Waals surface area contributed by atoms with E-state index in [9.17, 15) is 9.59 Å². The molecule has 2 rings (SSSR count). The van der Waals surface area contributed by atoms with Crippen LogP contribution in [0.3, 0.4) is 0 Å². The Hall–Kier alpha value is -1.30. The van der Waals surface area contributed by atoms with Crippen molar-refractivity contribution in [2.45, 2.75) is 25.4 Å². The van der Waals surface area contributed by atoms with Crippen LogP contribution in [0.25, 0.3) is 0 Å². The van der Waals surface area contributed by atoms with E-state index >= 15 is 0 Å². The van der Waals surface area contributed by atoms with Crippen LogP contribution in [-0.2, 0) is 14.3 Å². The van der Waals surface area contributed by atoms with Crippen molar-refractivity contribution in [2.75, 3.05) is 19.7 Å².